The predicted octanol–water partition coefficient (Wildman–Crippen LogP) is 0.302. The Kier molecular flexibility index (Phi) is 2.73. The molecule has 90 valence electrons. The van der Waals surface area contributed by atoms with Crippen molar-refractivity contribution in [3.8, 4) is 0 Å². The minimum absolute atomic E-state index is 0.128. The molecule has 3 aliphatic rings. The van der Waals surface area contributed by atoms with E-state index in [1.807, 2.05) is 4.90 Å². The van der Waals surface area contributed by atoms with Crippen molar-refractivity contribution >= 4 is 6.09 Å². The zero-order valence-corrected chi connectivity index (χ0v) is 9.43. The van der Waals surface area contributed by atoms with Crippen LogP contribution in [0.5, 0.6) is 0 Å². The van der Waals surface area contributed by atoms with Crippen LogP contribution >= 0.6 is 0 Å². The number of carbonyl (C=O) groups is 1. The van der Waals surface area contributed by atoms with Gasteiger partial charge in [-0.2, -0.15) is 0 Å². The number of ether oxygens (including phenoxy) is 2. The van der Waals surface area contributed by atoms with Crippen molar-refractivity contribution in [2.75, 3.05) is 39.5 Å². The smallest absolute Gasteiger partial charge is 0.410 e. The first-order valence-corrected chi connectivity index (χ1v) is 6.10. The van der Waals surface area contributed by atoms with Gasteiger partial charge in [0, 0.05) is 38.9 Å². The molecule has 3 heterocycles. The maximum atomic E-state index is 11.4. The van der Waals surface area contributed by atoms with Gasteiger partial charge in [-0.3, -0.25) is 9.80 Å². The summed E-state index contributed by atoms with van der Waals surface area (Å²) in [5.41, 5.74) is 0. The zero-order chi connectivity index (χ0) is 11.0. The van der Waals surface area contributed by atoms with E-state index in [-0.39, 0.29) is 12.1 Å². The molecule has 0 aromatic carbocycles. The van der Waals surface area contributed by atoms with E-state index in [1.165, 1.54) is 0 Å². The van der Waals surface area contributed by atoms with Crippen LogP contribution in [0.25, 0.3) is 0 Å². The predicted molar refractivity (Wildman–Crippen MR) is 57.3 cm³/mol. The van der Waals surface area contributed by atoms with E-state index in [0.29, 0.717) is 12.6 Å². The Labute approximate surface area is 95.3 Å². The second-order valence-electron chi connectivity index (χ2n) is 4.76. The lowest BCUT2D eigenvalue weighted by molar-refractivity contribution is 0.0108. The Bertz CT molecular complexity index is 278. The van der Waals surface area contributed by atoms with Crippen LogP contribution in [-0.2, 0) is 9.47 Å². The summed E-state index contributed by atoms with van der Waals surface area (Å²) >= 11 is 0. The normalized spacial score (nSPS) is 32.6. The molecule has 1 unspecified atom stereocenters. The molecule has 3 aliphatic heterocycles. The van der Waals surface area contributed by atoms with Crippen LogP contribution in [0.15, 0.2) is 0 Å². The molecule has 0 aliphatic carbocycles. The summed E-state index contributed by atoms with van der Waals surface area (Å²) in [4.78, 5) is 15.7. The quantitative estimate of drug-likeness (QED) is 0.645. The molecular formula is C11H18N2O3. The van der Waals surface area contributed by atoms with Gasteiger partial charge in [-0.1, -0.05) is 0 Å². The fourth-order valence-electron chi connectivity index (χ4n) is 2.89. The van der Waals surface area contributed by atoms with E-state index < -0.39 is 0 Å². The highest BCUT2D eigenvalue weighted by atomic mass is 16.6. The SMILES string of the molecule is O=C1OCC2CN(C3CCOCC3)CCN12. The minimum atomic E-state index is -0.128. The van der Waals surface area contributed by atoms with Crippen LogP contribution < -0.4 is 0 Å². The average molecular weight is 226 g/mol. The molecule has 1 atom stereocenters. The molecule has 0 radical (unpaired) electrons. The van der Waals surface area contributed by atoms with Gasteiger partial charge in [-0.25, -0.2) is 4.79 Å². The van der Waals surface area contributed by atoms with Crippen molar-refractivity contribution in [3.63, 3.8) is 0 Å². The molecule has 0 bridgehead atoms. The first-order chi connectivity index (χ1) is 7.84. The molecule has 0 N–H and O–H groups in total. The lowest BCUT2D eigenvalue weighted by atomic mass is 10.0. The largest absolute Gasteiger partial charge is 0.447 e. The fraction of sp³-hybridized carbons (Fsp3) is 0.909. The number of fused-ring (bicyclic) bond motifs is 1. The van der Waals surface area contributed by atoms with Crippen molar-refractivity contribution in [1.82, 2.24) is 9.80 Å². The van der Waals surface area contributed by atoms with Gasteiger partial charge < -0.3 is 9.47 Å². The topological polar surface area (TPSA) is 42.0 Å². The highest BCUT2D eigenvalue weighted by Gasteiger charge is 2.39. The number of nitrogens with zero attached hydrogens (tertiary/aromatic N) is 2. The Hall–Kier alpha value is -0.810. The van der Waals surface area contributed by atoms with E-state index in [1.54, 1.807) is 0 Å². The van der Waals surface area contributed by atoms with Crippen LogP contribution in [0.3, 0.4) is 0 Å². The van der Waals surface area contributed by atoms with E-state index in [4.69, 9.17) is 9.47 Å². The maximum Gasteiger partial charge on any atom is 0.410 e. The summed E-state index contributed by atoms with van der Waals surface area (Å²) in [6.07, 6.45) is 2.12. The molecule has 1 amide bonds. The molecule has 0 saturated carbocycles. The second-order valence-corrected chi connectivity index (χ2v) is 4.76. The summed E-state index contributed by atoms with van der Waals surface area (Å²) in [5, 5.41) is 0. The van der Waals surface area contributed by atoms with Crippen LogP contribution in [0.4, 0.5) is 4.79 Å². The van der Waals surface area contributed by atoms with Crippen LogP contribution in [0, 0.1) is 0 Å². The number of amides is 1. The maximum absolute atomic E-state index is 11.4. The Morgan fingerprint density at radius 2 is 1.94 bits per heavy atom. The van der Waals surface area contributed by atoms with Gasteiger partial charge in [-0.05, 0) is 12.8 Å². The number of carbonyl (C=O) groups excluding carboxylic acids is 1. The molecule has 3 rings (SSSR count). The number of hydrogen-bond donors (Lipinski definition) is 0. The zero-order valence-electron chi connectivity index (χ0n) is 9.43. The van der Waals surface area contributed by atoms with Crippen molar-refractivity contribution in [3.05, 3.63) is 0 Å². The Balaban J connectivity index is 1.61. The fourth-order valence-corrected chi connectivity index (χ4v) is 2.89. The van der Waals surface area contributed by atoms with Crippen LogP contribution in [-0.4, -0.2) is 67.4 Å². The number of rotatable bonds is 1. The first kappa shape index (κ1) is 10.4. The summed E-state index contributed by atoms with van der Waals surface area (Å²) in [6, 6.07) is 0.927. The highest BCUT2D eigenvalue weighted by Crippen LogP contribution is 2.22. The van der Waals surface area contributed by atoms with Crippen LogP contribution in [0.2, 0.25) is 0 Å². The molecule has 0 spiro atoms. The molecule has 0 aromatic rings. The van der Waals surface area contributed by atoms with Crippen LogP contribution in [0.1, 0.15) is 12.8 Å². The highest BCUT2D eigenvalue weighted by molar-refractivity contribution is 5.70. The third-order valence-corrected chi connectivity index (χ3v) is 3.86. The lowest BCUT2D eigenvalue weighted by Crippen LogP contribution is -2.55. The minimum Gasteiger partial charge on any atom is -0.447 e. The standard InChI is InChI=1S/C11H18N2O3/c14-11-13-4-3-12(7-10(13)8-16-11)9-1-5-15-6-2-9/h9-10H,1-8H2. The van der Waals surface area contributed by atoms with E-state index in [2.05, 4.69) is 4.90 Å². The van der Waals surface area contributed by atoms with Gasteiger partial charge >= 0.3 is 6.09 Å². The second kappa shape index (κ2) is 4.22. The van der Waals surface area contributed by atoms with Crippen molar-refractivity contribution < 1.29 is 14.3 Å². The van der Waals surface area contributed by atoms with E-state index >= 15 is 0 Å². The molecule has 0 aromatic heterocycles. The number of cyclic esters (lactones) is 1. The molecule has 3 saturated heterocycles. The Morgan fingerprint density at radius 1 is 1.12 bits per heavy atom. The summed E-state index contributed by atoms with van der Waals surface area (Å²) < 4.78 is 10.4. The van der Waals surface area contributed by atoms with Crippen molar-refractivity contribution in [2.45, 2.75) is 24.9 Å². The van der Waals surface area contributed by atoms with E-state index in [9.17, 15) is 4.79 Å². The Morgan fingerprint density at radius 3 is 2.75 bits per heavy atom. The number of hydrogen-bond acceptors (Lipinski definition) is 4. The third-order valence-electron chi connectivity index (χ3n) is 3.86. The molecular weight excluding hydrogens is 208 g/mol. The molecule has 16 heavy (non-hydrogen) atoms. The monoisotopic (exact) mass is 226 g/mol. The summed E-state index contributed by atoms with van der Waals surface area (Å²) in [7, 11) is 0. The lowest BCUT2D eigenvalue weighted by Gasteiger charge is -2.41. The summed E-state index contributed by atoms with van der Waals surface area (Å²) in [6.45, 7) is 5.10. The van der Waals surface area contributed by atoms with E-state index in [0.717, 1.165) is 45.7 Å². The molecule has 5 nitrogen and oxygen atoms in total. The van der Waals surface area contributed by atoms with Gasteiger partial charge in [0.2, 0.25) is 0 Å². The summed E-state index contributed by atoms with van der Waals surface area (Å²) in [5.74, 6) is 0. The van der Waals surface area contributed by atoms with Gasteiger partial charge in [0.05, 0.1) is 6.04 Å². The number of piperazine rings is 1. The van der Waals surface area contributed by atoms with Gasteiger partial charge in [0.15, 0.2) is 0 Å². The van der Waals surface area contributed by atoms with Gasteiger partial charge in [-0.15, -0.1) is 0 Å². The average Bonchev–Trinajstić information content (AvgIpc) is 2.72. The van der Waals surface area contributed by atoms with Gasteiger partial charge in [0.25, 0.3) is 0 Å². The first-order valence-electron chi connectivity index (χ1n) is 6.10. The van der Waals surface area contributed by atoms with Crippen molar-refractivity contribution in [2.24, 2.45) is 0 Å². The molecule has 5 heteroatoms. The third kappa shape index (κ3) is 1.78. The molecule has 3 fully saturated rings. The van der Waals surface area contributed by atoms with Crippen molar-refractivity contribution in [1.29, 1.82) is 0 Å². The van der Waals surface area contributed by atoms with Gasteiger partial charge in [0.1, 0.15) is 6.61 Å².